The van der Waals surface area contributed by atoms with Gasteiger partial charge in [0.1, 0.15) is 16.8 Å². The van der Waals surface area contributed by atoms with Gasteiger partial charge in [-0.2, -0.15) is 0 Å². The van der Waals surface area contributed by atoms with Crippen LogP contribution < -0.4 is 15.3 Å². The number of ether oxygens (including phenoxy) is 1. The van der Waals surface area contributed by atoms with Crippen LogP contribution in [0.15, 0.2) is 42.5 Å². The zero-order valence-corrected chi connectivity index (χ0v) is 11.9. The number of rotatable bonds is 4. The first kappa shape index (κ1) is 13.9. The monoisotopic (exact) mass is 298 g/mol. The number of nitrogens with zero attached hydrogens (tertiary/aromatic N) is 3. The Bertz CT molecular complexity index is 829. The fraction of sp³-hybridized carbons (Fsp3) is 0.133. The summed E-state index contributed by atoms with van der Waals surface area (Å²) in [6.07, 6.45) is 0. The molecule has 0 spiro atoms. The Morgan fingerprint density at radius 2 is 2.09 bits per heavy atom. The summed E-state index contributed by atoms with van der Waals surface area (Å²) in [4.78, 5) is 18.5. The van der Waals surface area contributed by atoms with Gasteiger partial charge in [0.2, 0.25) is 0 Å². The molecular weight excluding hydrogens is 284 g/mol. The summed E-state index contributed by atoms with van der Waals surface area (Å²) in [6.45, 7) is 2.29. The van der Waals surface area contributed by atoms with Crippen molar-refractivity contribution >= 4 is 22.7 Å². The first-order valence-electron chi connectivity index (χ1n) is 6.74. The molecule has 3 rings (SSSR count). The second-order valence-electron chi connectivity index (χ2n) is 4.52. The Hall–Kier alpha value is -3.09. The zero-order chi connectivity index (χ0) is 15.5. The third-order valence-corrected chi connectivity index (χ3v) is 3.04. The highest BCUT2D eigenvalue weighted by atomic mass is 16.7. The fourth-order valence-electron chi connectivity index (χ4n) is 1.99. The molecule has 22 heavy (non-hydrogen) atoms. The number of para-hydroxylation sites is 1. The SMILES string of the molecule is CCOc1cc(C(=O)On2nnc3ccccc32)ccc1N. The van der Waals surface area contributed by atoms with Crippen LogP contribution in [0.2, 0.25) is 0 Å². The van der Waals surface area contributed by atoms with E-state index in [4.69, 9.17) is 15.3 Å². The molecule has 0 aliphatic carbocycles. The average Bonchev–Trinajstić information content (AvgIpc) is 2.93. The van der Waals surface area contributed by atoms with Gasteiger partial charge in [-0.1, -0.05) is 17.0 Å². The van der Waals surface area contributed by atoms with Crippen molar-refractivity contribution in [1.29, 1.82) is 0 Å². The molecule has 0 amide bonds. The molecule has 2 aromatic carbocycles. The molecule has 3 aromatic rings. The lowest BCUT2D eigenvalue weighted by Crippen LogP contribution is -2.21. The summed E-state index contributed by atoms with van der Waals surface area (Å²) in [7, 11) is 0. The lowest BCUT2D eigenvalue weighted by Gasteiger charge is -2.08. The third-order valence-electron chi connectivity index (χ3n) is 3.04. The van der Waals surface area contributed by atoms with Gasteiger partial charge >= 0.3 is 5.97 Å². The van der Waals surface area contributed by atoms with Gasteiger partial charge in [0.25, 0.3) is 0 Å². The van der Waals surface area contributed by atoms with Crippen LogP contribution in [0.25, 0.3) is 11.0 Å². The van der Waals surface area contributed by atoms with Gasteiger partial charge in [-0.05, 0) is 42.5 Å². The predicted molar refractivity (Wildman–Crippen MR) is 80.5 cm³/mol. The molecule has 0 atom stereocenters. The van der Waals surface area contributed by atoms with Crippen LogP contribution in [0.1, 0.15) is 17.3 Å². The molecule has 0 unspecified atom stereocenters. The fourth-order valence-corrected chi connectivity index (χ4v) is 1.99. The van der Waals surface area contributed by atoms with E-state index in [1.54, 1.807) is 30.3 Å². The highest BCUT2D eigenvalue weighted by Crippen LogP contribution is 2.23. The van der Waals surface area contributed by atoms with E-state index in [-0.39, 0.29) is 0 Å². The topological polar surface area (TPSA) is 92.3 Å². The molecule has 1 heterocycles. The number of hydrogen-bond donors (Lipinski definition) is 1. The number of carbonyl (C=O) groups excluding carboxylic acids is 1. The van der Waals surface area contributed by atoms with Crippen LogP contribution in [0.4, 0.5) is 5.69 Å². The van der Waals surface area contributed by atoms with Crippen molar-refractivity contribution in [3.8, 4) is 5.75 Å². The van der Waals surface area contributed by atoms with Crippen LogP contribution in [0, 0.1) is 0 Å². The van der Waals surface area contributed by atoms with Crippen molar-refractivity contribution in [2.75, 3.05) is 12.3 Å². The quantitative estimate of drug-likeness (QED) is 0.582. The number of carbonyl (C=O) groups is 1. The molecule has 0 aliphatic heterocycles. The van der Waals surface area contributed by atoms with Gasteiger partial charge in [0.15, 0.2) is 0 Å². The van der Waals surface area contributed by atoms with E-state index >= 15 is 0 Å². The van der Waals surface area contributed by atoms with E-state index in [0.29, 0.717) is 34.6 Å². The molecule has 0 saturated carbocycles. The standard InChI is InChI=1S/C15H14N4O3/c1-2-21-14-9-10(7-8-11(14)16)15(20)22-19-13-6-4-3-5-12(13)17-18-19/h3-9H,2,16H2,1H3. The summed E-state index contributed by atoms with van der Waals surface area (Å²) < 4.78 is 5.37. The van der Waals surface area contributed by atoms with Gasteiger partial charge in [-0.3, -0.25) is 0 Å². The number of benzene rings is 2. The summed E-state index contributed by atoms with van der Waals surface area (Å²) in [5, 5.41) is 7.72. The second kappa shape index (κ2) is 5.72. The Kier molecular flexibility index (Phi) is 3.61. The van der Waals surface area contributed by atoms with Gasteiger partial charge < -0.3 is 15.3 Å². The van der Waals surface area contributed by atoms with Crippen molar-refractivity contribution in [1.82, 2.24) is 15.2 Å². The van der Waals surface area contributed by atoms with Gasteiger partial charge in [0, 0.05) is 0 Å². The number of anilines is 1. The second-order valence-corrected chi connectivity index (χ2v) is 4.52. The zero-order valence-electron chi connectivity index (χ0n) is 11.9. The van der Waals surface area contributed by atoms with Crippen LogP contribution in [0.3, 0.4) is 0 Å². The minimum absolute atomic E-state index is 0.317. The molecular formula is C15H14N4O3. The van der Waals surface area contributed by atoms with Crippen LogP contribution in [0.5, 0.6) is 5.75 Å². The molecule has 7 heteroatoms. The smallest absolute Gasteiger partial charge is 0.365 e. The highest BCUT2D eigenvalue weighted by molar-refractivity contribution is 5.91. The van der Waals surface area contributed by atoms with Crippen LogP contribution >= 0.6 is 0 Å². The lowest BCUT2D eigenvalue weighted by molar-refractivity contribution is 0.0408. The van der Waals surface area contributed by atoms with E-state index in [9.17, 15) is 4.79 Å². The minimum atomic E-state index is -0.573. The van der Waals surface area contributed by atoms with E-state index < -0.39 is 5.97 Å². The number of aromatic nitrogens is 3. The number of hydrogen-bond acceptors (Lipinski definition) is 6. The lowest BCUT2D eigenvalue weighted by atomic mass is 10.2. The van der Waals surface area contributed by atoms with E-state index in [1.165, 1.54) is 0 Å². The van der Waals surface area contributed by atoms with Crippen molar-refractivity contribution in [3.63, 3.8) is 0 Å². The van der Waals surface area contributed by atoms with Crippen LogP contribution in [-0.4, -0.2) is 27.7 Å². The Labute approximate surface area is 126 Å². The minimum Gasteiger partial charge on any atom is -0.492 e. The summed E-state index contributed by atoms with van der Waals surface area (Å²) in [5.41, 5.74) is 7.81. The number of nitrogen functional groups attached to an aromatic ring is 1. The van der Waals surface area contributed by atoms with E-state index in [0.717, 1.165) is 4.85 Å². The Morgan fingerprint density at radius 3 is 2.91 bits per heavy atom. The highest BCUT2D eigenvalue weighted by Gasteiger charge is 2.14. The molecule has 0 aliphatic rings. The Balaban J connectivity index is 1.87. The van der Waals surface area contributed by atoms with Crippen LogP contribution in [-0.2, 0) is 0 Å². The van der Waals surface area contributed by atoms with Crippen molar-refractivity contribution in [2.45, 2.75) is 6.92 Å². The summed E-state index contributed by atoms with van der Waals surface area (Å²) >= 11 is 0. The first-order valence-corrected chi connectivity index (χ1v) is 6.74. The molecule has 112 valence electrons. The normalized spacial score (nSPS) is 10.6. The van der Waals surface area contributed by atoms with E-state index in [1.807, 2.05) is 19.1 Å². The summed E-state index contributed by atoms with van der Waals surface area (Å²) in [6, 6.07) is 11.9. The van der Waals surface area contributed by atoms with Crippen molar-refractivity contribution < 1.29 is 14.4 Å². The van der Waals surface area contributed by atoms with Gasteiger partial charge in [0.05, 0.1) is 17.9 Å². The largest absolute Gasteiger partial charge is 0.492 e. The average molecular weight is 298 g/mol. The molecule has 0 bridgehead atoms. The maximum absolute atomic E-state index is 12.2. The van der Waals surface area contributed by atoms with Crippen molar-refractivity contribution in [2.24, 2.45) is 0 Å². The molecule has 0 fully saturated rings. The van der Waals surface area contributed by atoms with Gasteiger partial charge in [-0.15, -0.1) is 5.10 Å². The van der Waals surface area contributed by atoms with Crippen molar-refractivity contribution in [3.05, 3.63) is 48.0 Å². The third kappa shape index (κ3) is 2.56. The Morgan fingerprint density at radius 1 is 1.27 bits per heavy atom. The summed E-state index contributed by atoms with van der Waals surface area (Å²) in [5.74, 6) is -0.128. The number of fused-ring (bicyclic) bond motifs is 1. The predicted octanol–water partition coefficient (Wildman–Crippen LogP) is 1.68. The molecule has 2 N–H and O–H groups in total. The molecule has 7 nitrogen and oxygen atoms in total. The maximum atomic E-state index is 12.2. The molecule has 1 aromatic heterocycles. The first-order chi connectivity index (χ1) is 10.7. The van der Waals surface area contributed by atoms with E-state index in [2.05, 4.69) is 10.3 Å². The number of nitrogens with two attached hydrogens (primary N) is 1. The van der Waals surface area contributed by atoms with Gasteiger partial charge in [-0.25, -0.2) is 4.79 Å². The maximum Gasteiger partial charge on any atom is 0.365 e. The molecule has 0 radical (unpaired) electrons. The molecule has 0 saturated heterocycles.